The second kappa shape index (κ2) is 3.76. The lowest BCUT2D eigenvalue weighted by atomic mass is 10.1. The molecule has 1 aliphatic rings. The quantitative estimate of drug-likeness (QED) is 0.558. The van der Waals surface area contributed by atoms with Crippen LogP contribution in [0.2, 0.25) is 0 Å². The van der Waals surface area contributed by atoms with E-state index in [9.17, 15) is 19.4 Å². The van der Waals surface area contributed by atoms with Gasteiger partial charge in [0.1, 0.15) is 11.9 Å². The minimum Gasteiger partial charge on any atom is -0.387 e. The van der Waals surface area contributed by atoms with E-state index in [-0.39, 0.29) is 5.82 Å². The fourth-order valence-electron chi connectivity index (χ4n) is 1.72. The summed E-state index contributed by atoms with van der Waals surface area (Å²) in [7, 11) is 0. The van der Waals surface area contributed by atoms with Gasteiger partial charge in [-0.15, -0.1) is 0 Å². The monoisotopic (exact) mass is 245 g/mol. The van der Waals surface area contributed by atoms with Crippen molar-refractivity contribution in [1.29, 1.82) is 0 Å². The summed E-state index contributed by atoms with van der Waals surface area (Å²) >= 11 is 0. The first-order valence-corrected chi connectivity index (χ1v) is 4.95. The maximum atomic E-state index is 14.4. The van der Waals surface area contributed by atoms with Gasteiger partial charge < -0.3 is 20.7 Å². The number of aliphatic hydroxyl groups excluding tert-OH is 2. The summed E-state index contributed by atoms with van der Waals surface area (Å²) in [5.41, 5.74) is 4.25. The zero-order valence-corrected chi connectivity index (χ0v) is 8.95. The number of aromatic nitrogens is 2. The van der Waals surface area contributed by atoms with Crippen LogP contribution in [0.5, 0.6) is 0 Å². The molecule has 1 aromatic rings. The number of anilines is 1. The van der Waals surface area contributed by atoms with Crippen LogP contribution in [0.3, 0.4) is 0 Å². The van der Waals surface area contributed by atoms with Crippen LogP contribution in [0.4, 0.5) is 10.2 Å². The summed E-state index contributed by atoms with van der Waals surface area (Å²) < 4.78 is 19.6. The highest BCUT2D eigenvalue weighted by molar-refractivity contribution is 5.23. The molecule has 4 N–H and O–H groups in total. The minimum absolute atomic E-state index is 0.0732. The molecule has 0 spiro atoms. The summed E-state index contributed by atoms with van der Waals surface area (Å²) in [6, 6.07) is 1.19. The Labute approximate surface area is 95.3 Å². The molecule has 0 aliphatic carbocycles. The van der Waals surface area contributed by atoms with Gasteiger partial charge in [0, 0.05) is 6.20 Å². The van der Waals surface area contributed by atoms with Crippen LogP contribution in [0.15, 0.2) is 17.1 Å². The maximum absolute atomic E-state index is 14.4. The zero-order chi connectivity index (χ0) is 12.8. The van der Waals surface area contributed by atoms with Gasteiger partial charge in [-0.05, 0) is 13.0 Å². The molecule has 94 valence electrons. The standard InChI is InChI=1S/C9H12FN3O4/c1-4-6(14)7(15)9(10,17-4)13-3-2-5(11)12-8(13)16/h2-4,6-7,14-15H,1H3,(H2,11,12,16)/t4-,6-,7-,9+/m1/s1. The first kappa shape index (κ1) is 12.0. The molecule has 7 nitrogen and oxygen atoms in total. The topological polar surface area (TPSA) is 111 Å². The van der Waals surface area contributed by atoms with Crippen molar-refractivity contribution in [3.8, 4) is 0 Å². The third kappa shape index (κ3) is 1.70. The van der Waals surface area contributed by atoms with Crippen LogP contribution in [0.1, 0.15) is 6.92 Å². The van der Waals surface area contributed by atoms with E-state index in [1.54, 1.807) is 0 Å². The molecule has 4 atom stereocenters. The molecule has 2 rings (SSSR count). The minimum atomic E-state index is -2.84. The summed E-state index contributed by atoms with van der Waals surface area (Å²) in [4.78, 5) is 14.8. The van der Waals surface area contributed by atoms with Crippen molar-refractivity contribution in [2.45, 2.75) is 31.2 Å². The molecule has 1 saturated heterocycles. The van der Waals surface area contributed by atoms with Crippen LogP contribution in [-0.2, 0) is 10.7 Å². The number of rotatable bonds is 1. The van der Waals surface area contributed by atoms with E-state index >= 15 is 0 Å². The normalized spacial score (nSPS) is 37.3. The van der Waals surface area contributed by atoms with Gasteiger partial charge in [-0.2, -0.15) is 9.37 Å². The number of nitrogen functional groups attached to an aromatic ring is 1. The lowest BCUT2D eigenvalue weighted by Gasteiger charge is -2.24. The van der Waals surface area contributed by atoms with E-state index in [0.717, 1.165) is 6.20 Å². The molecule has 0 radical (unpaired) electrons. The molecule has 0 bridgehead atoms. The highest BCUT2D eigenvalue weighted by Gasteiger charge is 2.55. The largest absolute Gasteiger partial charge is 0.387 e. The summed E-state index contributed by atoms with van der Waals surface area (Å²) in [6.07, 6.45) is -3.23. The average Bonchev–Trinajstić information content (AvgIpc) is 2.43. The van der Waals surface area contributed by atoms with Gasteiger partial charge in [0.2, 0.25) is 0 Å². The Hall–Kier alpha value is -1.51. The van der Waals surface area contributed by atoms with Crippen molar-refractivity contribution in [1.82, 2.24) is 9.55 Å². The maximum Gasteiger partial charge on any atom is 0.354 e. The van der Waals surface area contributed by atoms with E-state index in [4.69, 9.17) is 10.5 Å². The van der Waals surface area contributed by atoms with Crippen LogP contribution in [0.25, 0.3) is 0 Å². The number of nitrogens with zero attached hydrogens (tertiary/aromatic N) is 2. The van der Waals surface area contributed by atoms with Gasteiger partial charge in [-0.3, -0.25) is 0 Å². The third-order valence-electron chi connectivity index (χ3n) is 2.67. The third-order valence-corrected chi connectivity index (χ3v) is 2.67. The smallest absolute Gasteiger partial charge is 0.354 e. The van der Waals surface area contributed by atoms with Gasteiger partial charge in [0.05, 0.1) is 6.10 Å². The highest BCUT2D eigenvalue weighted by Crippen LogP contribution is 2.35. The van der Waals surface area contributed by atoms with Gasteiger partial charge in [-0.25, -0.2) is 9.36 Å². The molecular formula is C9H12FN3O4. The number of aliphatic hydroxyl groups is 2. The van der Waals surface area contributed by atoms with E-state index in [0.29, 0.717) is 4.57 Å². The summed E-state index contributed by atoms with van der Waals surface area (Å²) in [5, 5.41) is 19.0. The molecule has 0 amide bonds. The zero-order valence-electron chi connectivity index (χ0n) is 8.95. The summed E-state index contributed by atoms with van der Waals surface area (Å²) in [6.45, 7) is 1.38. The average molecular weight is 245 g/mol. The second-order valence-electron chi connectivity index (χ2n) is 3.87. The fraction of sp³-hybridized carbons (Fsp3) is 0.556. The predicted molar refractivity (Wildman–Crippen MR) is 54.6 cm³/mol. The Bertz CT molecular complexity index is 493. The SMILES string of the molecule is C[C@H]1O[C@@](F)(n2ccc(N)nc2=O)[C@H](O)[C@@H]1O. The lowest BCUT2D eigenvalue weighted by Crippen LogP contribution is -2.47. The Morgan fingerprint density at radius 1 is 1.65 bits per heavy atom. The van der Waals surface area contributed by atoms with Crippen molar-refractivity contribution >= 4 is 5.82 Å². The molecule has 1 fully saturated rings. The van der Waals surface area contributed by atoms with Crippen molar-refractivity contribution < 1.29 is 19.3 Å². The molecular weight excluding hydrogens is 233 g/mol. The number of hydrogen-bond acceptors (Lipinski definition) is 6. The Morgan fingerprint density at radius 2 is 2.29 bits per heavy atom. The van der Waals surface area contributed by atoms with E-state index < -0.39 is 30.0 Å². The van der Waals surface area contributed by atoms with Crippen molar-refractivity contribution in [3.63, 3.8) is 0 Å². The van der Waals surface area contributed by atoms with E-state index in [1.165, 1.54) is 13.0 Å². The number of ether oxygens (including phenoxy) is 1. The number of nitrogens with two attached hydrogens (primary N) is 1. The first-order chi connectivity index (χ1) is 7.86. The molecule has 17 heavy (non-hydrogen) atoms. The molecule has 1 aromatic heterocycles. The van der Waals surface area contributed by atoms with Gasteiger partial charge in [0.25, 0.3) is 0 Å². The van der Waals surface area contributed by atoms with Crippen LogP contribution in [-0.4, -0.2) is 38.1 Å². The highest BCUT2D eigenvalue weighted by atomic mass is 19.2. The van der Waals surface area contributed by atoms with Crippen LogP contribution in [0, 0.1) is 0 Å². The summed E-state index contributed by atoms with van der Waals surface area (Å²) in [5.74, 6) is -2.91. The first-order valence-electron chi connectivity index (χ1n) is 4.95. The lowest BCUT2D eigenvalue weighted by molar-refractivity contribution is -0.234. The number of alkyl halides is 1. The van der Waals surface area contributed by atoms with Crippen molar-refractivity contribution in [3.05, 3.63) is 22.7 Å². The van der Waals surface area contributed by atoms with Gasteiger partial charge in [0.15, 0.2) is 6.10 Å². The molecule has 2 heterocycles. The van der Waals surface area contributed by atoms with Crippen LogP contribution >= 0.6 is 0 Å². The van der Waals surface area contributed by atoms with Gasteiger partial charge >= 0.3 is 11.7 Å². The molecule has 0 unspecified atom stereocenters. The molecule has 0 aromatic carbocycles. The number of hydrogen-bond donors (Lipinski definition) is 3. The molecule has 8 heteroatoms. The Morgan fingerprint density at radius 3 is 2.76 bits per heavy atom. The van der Waals surface area contributed by atoms with E-state index in [2.05, 4.69) is 4.98 Å². The van der Waals surface area contributed by atoms with Gasteiger partial charge in [-0.1, -0.05) is 0 Å². The van der Waals surface area contributed by atoms with Crippen molar-refractivity contribution in [2.75, 3.05) is 5.73 Å². The Kier molecular flexibility index (Phi) is 2.64. The molecule has 1 aliphatic heterocycles. The molecule has 0 saturated carbocycles. The predicted octanol–water partition coefficient (Wildman–Crippen LogP) is -1.45. The number of halogens is 1. The van der Waals surface area contributed by atoms with Crippen LogP contribution < -0.4 is 11.4 Å². The fourth-order valence-corrected chi connectivity index (χ4v) is 1.72. The van der Waals surface area contributed by atoms with Crippen molar-refractivity contribution in [2.24, 2.45) is 0 Å². The second-order valence-corrected chi connectivity index (χ2v) is 3.87. The van der Waals surface area contributed by atoms with E-state index in [1.807, 2.05) is 0 Å². The Balaban J connectivity index is 2.49.